The number of aryl methyl sites for hydroxylation is 1. The van der Waals surface area contributed by atoms with E-state index in [1.165, 1.54) is 11.1 Å². The normalized spacial score (nSPS) is 19.7. The van der Waals surface area contributed by atoms with E-state index in [4.69, 9.17) is 0 Å². The molecule has 2 N–H and O–H groups in total. The lowest BCUT2D eigenvalue weighted by atomic mass is 10.1. The molecule has 0 spiro atoms. The Balaban J connectivity index is 1.78. The second-order valence-corrected chi connectivity index (χ2v) is 7.06. The fourth-order valence-electron chi connectivity index (χ4n) is 2.44. The molecule has 0 saturated carbocycles. The molecule has 19 heavy (non-hydrogen) atoms. The number of hydrogen-bond acceptors (Lipinski definition) is 3. The van der Waals surface area contributed by atoms with E-state index >= 15 is 0 Å². The summed E-state index contributed by atoms with van der Waals surface area (Å²) in [6.45, 7) is 3.45. The van der Waals surface area contributed by atoms with Gasteiger partial charge in [-0.3, -0.25) is 0 Å². The quantitative estimate of drug-likeness (QED) is 0.824. The summed E-state index contributed by atoms with van der Waals surface area (Å²) in [7, 11) is -3.16. The number of rotatable bonds is 6. The van der Waals surface area contributed by atoms with Gasteiger partial charge in [-0.05, 0) is 38.3 Å². The smallest absolute Gasteiger partial charge is 0.213 e. The highest BCUT2D eigenvalue weighted by molar-refractivity contribution is 7.89. The molecule has 1 heterocycles. The third-order valence-electron chi connectivity index (χ3n) is 3.40. The molecule has 0 aliphatic carbocycles. The molecule has 0 aromatic heterocycles. The lowest BCUT2D eigenvalue weighted by Gasteiger charge is -2.12. The number of hydrogen-bond donors (Lipinski definition) is 2. The van der Waals surface area contributed by atoms with E-state index in [9.17, 15) is 8.42 Å². The lowest BCUT2D eigenvalue weighted by molar-refractivity contribution is 0.564. The molecule has 1 unspecified atom stereocenters. The van der Waals surface area contributed by atoms with Crippen molar-refractivity contribution in [3.8, 4) is 0 Å². The zero-order valence-electron chi connectivity index (χ0n) is 11.4. The monoisotopic (exact) mass is 282 g/mol. The molecule has 0 bridgehead atoms. The Morgan fingerprint density at radius 2 is 2.26 bits per heavy atom. The van der Waals surface area contributed by atoms with Crippen LogP contribution in [0.25, 0.3) is 0 Å². The van der Waals surface area contributed by atoms with Gasteiger partial charge in [-0.25, -0.2) is 13.1 Å². The summed E-state index contributed by atoms with van der Waals surface area (Å²) in [6, 6.07) is 8.28. The van der Waals surface area contributed by atoms with E-state index in [2.05, 4.69) is 16.1 Å². The highest BCUT2D eigenvalue weighted by Crippen LogP contribution is 2.07. The summed E-state index contributed by atoms with van der Waals surface area (Å²) in [5.41, 5.74) is 2.37. The summed E-state index contributed by atoms with van der Waals surface area (Å²) < 4.78 is 26.5. The summed E-state index contributed by atoms with van der Waals surface area (Å²) in [4.78, 5) is 0. The fourth-order valence-corrected chi connectivity index (χ4v) is 3.79. The molecule has 1 atom stereocenters. The van der Waals surface area contributed by atoms with Crippen LogP contribution in [0.3, 0.4) is 0 Å². The van der Waals surface area contributed by atoms with Crippen molar-refractivity contribution in [3.05, 3.63) is 35.4 Å². The Morgan fingerprint density at radius 1 is 1.42 bits per heavy atom. The summed E-state index contributed by atoms with van der Waals surface area (Å²) in [5, 5.41) is 3.21. The summed E-state index contributed by atoms with van der Waals surface area (Å²) in [6.07, 6.45) is 2.77. The second-order valence-electron chi connectivity index (χ2n) is 5.21. The first-order chi connectivity index (χ1) is 9.05. The van der Waals surface area contributed by atoms with Gasteiger partial charge in [0.15, 0.2) is 0 Å². The molecule has 1 aromatic rings. The van der Waals surface area contributed by atoms with Crippen molar-refractivity contribution in [3.63, 3.8) is 0 Å². The maximum atomic E-state index is 11.9. The van der Waals surface area contributed by atoms with Crippen LogP contribution in [-0.2, 0) is 16.4 Å². The van der Waals surface area contributed by atoms with Crippen LogP contribution in [0.2, 0.25) is 0 Å². The van der Waals surface area contributed by atoms with E-state index < -0.39 is 10.0 Å². The molecule has 0 amide bonds. The van der Waals surface area contributed by atoms with Crippen LogP contribution in [0.15, 0.2) is 24.3 Å². The van der Waals surface area contributed by atoms with Gasteiger partial charge in [0, 0.05) is 12.6 Å². The molecule has 1 saturated heterocycles. The van der Waals surface area contributed by atoms with E-state index in [1.807, 2.05) is 25.1 Å². The van der Waals surface area contributed by atoms with Crippen molar-refractivity contribution in [2.24, 2.45) is 0 Å². The minimum absolute atomic E-state index is 0.122. The zero-order valence-corrected chi connectivity index (χ0v) is 12.2. The van der Waals surface area contributed by atoms with Crippen LogP contribution in [-0.4, -0.2) is 33.3 Å². The number of benzene rings is 1. The van der Waals surface area contributed by atoms with Crippen molar-refractivity contribution in [2.45, 2.75) is 32.2 Å². The van der Waals surface area contributed by atoms with Gasteiger partial charge in [0.2, 0.25) is 10.0 Å². The topological polar surface area (TPSA) is 58.2 Å². The van der Waals surface area contributed by atoms with Crippen LogP contribution in [0, 0.1) is 6.92 Å². The zero-order chi connectivity index (χ0) is 13.7. The van der Waals surface area contributed by atoms with Crippen molar-refractivity contribution in [1.29, 1.82) is 0 Å². The number of sulfonamides is 1. The van der Waals surface area contributed by atoms with Gasteiger partial charge in [0.25, 0.3) is 0 Å². The minimum Gasteiger partial charge on any atom is -0.313 e. The Hall–Kier alpha value is -0.910. The van der Waals surface area contributed by atoms with Gasteiger partial charge >= 0.3 is 0 Å². The molecule has 2 rings (SSSR count). The van der Waals surface area contributed by atoms with Crippen molar-refractivity contribution in [2.75, 3.05) is 18.8 Å². The second kappa shape index (κ2) is 6.50. The first-order valence-corrected chi connectivity index (χ1v) is 8.47. The molecular formula is C14H22N2O2S. The van der Waals surface area contributed by atoms with Gasteiger partial charge in [-0.2, -0.15) is 0 Å². The Kier molecular flexibility index (Phi) is 4.96. The van der Waals surface area contributed by atoms with Crippen molar-refractivity contribution < 1.29 is 8.42 Å². The van der Waals surface area contributed by atoms with Crippen LogP contribution in [0.1, 0.15) is 24.0 Å². The maximum absolute atomic E-state index is 11.9. The highest BCUT2D eigenvalue weighted by atomic mass is 32.2. The fraction of sp³-hybridized carbons (Fsp3) is 0.571. The average Bonchev–Trinajstić information content (AvgIpc) is 2.80. The maximum Gasteiger partial charge on any atom is 0.213 e. The SMILES string of the molecule is Cc1cccc(CCNS(=O)(=O)CC2CCCN2)c1. The minimum atomic E-state index is -3.16. The lowest BCUT2D eigenvalue weighted by Crippen LogP contribution is -2.37. The third kappa shape index (κ3) is 4.93. The summed E-state index contributed by atoms with van der Waals surface area (Å²) in [5.74, 6) is 0.195. The van der Waals surface area contributed by atoms with Crippen LogP contribution in [0.5, 0.6) is 0 Å². The molecule has 1 fully saturated rings. The van der Waals surface area contributed by atoms with Gasteiger partial charge < -0.3 is 5.32 Å². The van der Waals surface area contributed by atoms with E-state index in [1.54, 1.807) is 0 Å². The third-order valence-corrected chi connectivity index (χ3v) is 4.89. The largest absolute Gasteiger partial charge is 0.313 e. The van der Waals surface area contributed by atoms with Gasteiger partial charge in [0.05, 0.1) is 5.75 Å². The highest BCUT2D eigenvalue weighted by Gasteiger charge is 2.21. The van der Waals surface area contributed by atoms with Gasteiger partial charge in [-0.1, -0.05) is 29.8 Å². The van der Waals surface area contributed by atoms with E-state index in [0.717, 1.165) is 25.8 Å². The molecule has 4 nitrogen and oxygen atoms in total. The van der Waals surface area contributed by atoms with E-state index in [-0.39, 0.29) is 11.8 Å². The molecule has 1 aliphatic heterocycles. The standard InChI is InChI=1S/C14H22N2O2S/c1-12-4-2-5-13(10-12)7-9-16-19(17,18)11-14-6-3-8-15-14/h2,4-5,10,14-16H,3,6-9,11H2,1H3. The van der Waals surface area contributed by atoms with Gasteiger partial charge in [0.1, 0.15) is 0 Å². The van der Waals surface area contributed by atoms with Crippen molar-refractivity contribution >= 4 is 10.0 Å². The van der Waals surface area contributed by atoms with Crippen molar-refractivity contribution in [1.82, 2.24) is 10.0 Å². The molecular weight excluding hydrogens is 260 g/mol. The molecule has 5 heteroatoms. The number of nitrogens with one attached hydrogen (secondary N) is 2. The first kappa shape index (κ1) is 14.5. The molecule has 106 valence electrons. The molecule has 1 aliphatic rings. The Labute approximate surface area is 115 Å². The van der Waals surface area contributed by atoms with Gasteiger partial charge in [-0.15, -0.1) is 0 Å². The Morgan fingerprint density at radius 3 is 2.95 bits per heavy atom. The van der Waals surface area contributed by atoms with E-state index in [0.29, 0.717) is 6.54 Å². The Bertz CT molecular complexity index is 508. The van der Waals surface area contributed by atoms with Crippen LogP contribution >= 0.6 is 0 Å². The molecule has 1 aromatic carbocycles. The van der Waals surface area contributed by atoms with Crippen LogP contribution < -0.4 is 10.0 Å². The average molecular weight is 282 g/mol. The molecule has 0 radical (unpaired) electrons. The first-order valence-electron chi connectivity index (χ1n) is 6.81. The predicted octanol–water partition coefficient (Wildman–Crippen LogP) is 1.21. The van der Waals surface area contributed by atoms with Crippen LogP contribution in [0.4, 0.5) is 0 Å². The summed E-state index contributed by atoms with van der Waals surface area (Å²) >= 11 is 0. The predicted molar refractivity (Wildman–Crippen MR) is 77.7 cm³/mol.